The van der Waals surface area contributed by atoms with Gasteiger partial charge in [0.05, 0.1) is 5.69 Å². The number of fused-ring (bicyclic) bond motifs is 5. The van der Waals surface area contributed by atoms with Gasteiger partial charge < -0.3 is 4.90 Å². The molecule has 0 amide bonds. The maximum atomic E-state index is 4.98. The molecule has 1 aliphatic heterocycles. The topological polar surface area (TPSA) is 16.1 Å². The smallest absolute Gasteiger partial charge is 0.184 e. The van der Waals surface area contributed by atoms with Crippen molar-refractivity contribution in [3.05, 3.63) is 170 Å². The molecule has 0 N–H and O–H groups in total. The predicted octanol–water partition coefficient (Wildman–Crippen LogP) is 8.28. The quantitative estimate of drug-likeness (QED) is 0.187. The molecule has 6 aromatic carbocycles. The molecular formula is C41H28N2SSi. The predicted molar refractivity (Wildman–Crippen MR) is 194 cm³/mol. The normalized spacial score (nSPS) is 13.5. The van der Waals surface area contributed by atoms with E-state index >= 15 is 0 Å². The molecule has 4 heteroatoms. The molecule has 212 valence electrons. The van der Waals surface area contributed by atoms with Gasteiger partial charge in [0.1, 0.15) is 4.83 Å². The lowest BCUT2D eigenvalue weighted by Gasteiger charge is -2.45. The zero-order valence-electron chi connectivity index (χ0n) is 24.5. The maximum absolute atomic E-state index is 4.98. The summed E-state index contributed by atoms with van der Waals surface area (Å²) < 4.78 is 1.27. The van der Waals surface area contributed by atoms with E-state index in [2.05, 4.69) is 169 Å². The number of rotatable bonds is 4. The van der Waals surface area contributed by atoms with E-state index in [0.29, 0.717) is 0 Å². The summed E-state index contributed by atoms with van der Waals surface area (Å²) in [5.74, 6) is 0. The highest BCUT2D eigenvalue weighted by atomic mass is 32.1. The summed E-state index contributed by atoms with van der Waals surface area (Å²) in [5, 5.41) is 8.05. The van der Waals surface area contributed by atoms with E-state index in [4.69, 9.17) is 4.98 Å². The summed E-state index contributed by atoms with van der Waals surface area (Å²) in [6, 6.07) is 60.3. The van der Waals surface area contributed by atoms with Crippen molar-refractivity contribution in [3.8, 4) is 11.1 Å². The van der Waals surface area contributed by atoms with Crippen LogP contribution < -0.4 is 25.6 Å². The fourth-order valence-corrected chi connectivity index (χ4v) is 13.5. The number of nitrogens with zero attached hydrogens (tertiary/aromatic N) is 2. The van der Waals surface area contributed by atoms with Crippen LogP contribution in [0.1, 0.15) is 0 Å². The van der Waals surface area contributed by atoms with Gasteiger partial charge in [-0.2, -0.15) is 0 Å². The van der Waals surface area contributed by atoms with E-state index < -0.39 is 8.07 Å². The minimum absolute atomic E-state index is 1.08. The van der Waals surface area contributed by atoms with Crippen LogP contribution >= 0.6 is 11.3 Å². The number of para-hydroxylation sites is 3. The van der Waals surface area contributed by atoms with E-state index in [1.165, 1.54) is 53.2 Å². The molecular weight excluding hydrogens is 581 g/mol. The van der Waals surface area contributed by atoms with Crippen molar-refractivity contribution in [2.45, 2.75) is 0 Å². The average molecular weight is 609 g/mol. The molecule has 9 rings (SSSR count). The summed E-state index contributed by atoms with van der Waals surface area (Å²) in [5.41, 5.74) is 5.91. The Hall–Kier alpha value is -5.29. The highest BCUT2D eigenvalue weighted by Gasteiger charge is 2.48. The Morgan fingerprint density at radius 3 is 1.69 bits per heavy atom. The first-order valence-electron chi connectivity index (χ1n) is 15.3. The van der Waals surface area contributed by atoms with E-state index in [1.54, 1.807) is 11.3 Å². The van der Waals surface area contributed by atoms with Crippen LogP contribution in [0.5, 0.6) is 0 Å². The first kappa shape index (κ1) is 26.1. The summed E-state index contributed by atoms with van der Waals surface area (Å²) in [6.07, 6.45) is 2.05. The third kappa shape index (κ3) is 3.90. The fourth-order valence-electron chi connectivity index (χ4n) is 7.34. The zero-order chi connectivity index (χ0) is 29.8. The van der Waals surface area contributed by atoms with Crippen LogP contribution in [0.3, 0.4) is 0 Å². The molecule has 45 heavy (non-hydrogen) atoms. The van der Waals surface area contributed by atoms with Crippen molar-refractivity contribution in [2.75, 3.05) is 4.90 Å². The monoisotopic (exact) mass is 608 g/mol. The van der Waals surface area contributed by atoms with E-state index in [1.807, 2.05) is 6.20 Å². The number of hydrogen-bond donors (Lipinski definition) is 0. The molecule has 0 saturated heterocycles. The lowest BCUT2D eigenvalue weighted by atomic mass is 10.0. The second-order valence-corrected chi connectivity index (χ2v) is 16.3. The Balaban J connectivity index is 1.33. The van der Waals surface area contributed by atoms with Crippen molar-refractivity contribution in [2.24, 2.45) is 0 Å². The van der Waals surface area contributed by atoms with Crippen LogP contribution in [0.2, 0.25) is 0 Å². The van der Waals surface area contributed by atoms with Crippen molar-refractivity contribution in [1.82, 2.24) is 4.98 Å². The van der Waals surface area contributed by atoms with Gasteiger partial charge in [0.25, 0.3) is 0 Å². The highest BCUT2D eigenvalue weighted by molar-refractivity contribution is 7.25. The SMILES string of the molecule is c1ccc([Si]2(c3ccccc3)c3ccccc3N(c3ccccc3-c3cnc4sc5ccccc5c4c3)c3ccccc32)cc1. The van der Waals surface area contributed by atoms with E-state index in [0.717, 1.165) is 16.1 Å². The van der Waals surface area contributed by atoms with Gasteiger partial charge in [-0.15, -0.1) is 11.3 Å². The number of hydrogen-bond acceptors (Lipinski definition) is 3. The van der Waals surface area contributed by atoms with Crippen LogP contribution in [0.25, 0.3) is 31.4 Å². The Bertz CT molecular complexity index is 2260. The van der Waals surface area contributed by atoms with Gasteiger partial charge in [0.15, 0.2) is 8.07 Å². The molecule has 2 nitrogen and oxygen atoms in total. The third-order valence-electron chi connectivity index (χ3n) is 9.20. The Morgan fingerprint density at radius 1 is 0.489 bits per heavy atom. The van der Waals surface area contributed by atoms with Crippen LogP contribution in [-0.2, 0) is 0 Å². The van der Waals surface area contributed by atoms with E-state index in [9.17, 15) is 0 Å². The summed E-state index contributed by atoms with van der Waals surface area (Å²) >= 11 is 1.76. The first-order valence-corrected chi connectivity index (χ1v) is 18.1. The Kier molecular flexibility index (Phi) is 6.05. The van der Waals surface area contributed by atoms with Gasteiger partial charge in [-0.3, -0.25) is 0 Å². The largest absolute Gasteiger partial charge is 0.310 e. The second-order valence-electron chi connectivity index (χ2n) is 11.5. The number of benzene rings is 6. The molecule has 0 fully saturated rings. The Labute approximate surface area is 267 Å². The number of anilines is 3. The number of thiophene rings is 1. The van der Waals surface area contributed by atoms with Crippen LogP contribution in [0.15, 0.2) is 170 Å². The average Bonchev–Trinajstić information content (AvgIpc) is 3.49. The lowest BCUT2D eigenvalue weighted by Crippen LogP contribution is -2.77. The molecule has 0 bridgehead atoms. The van der Waals surface area contributed by atoms with Crippen molar-refractivity contribution < 1.29 is 0 Å². The van der Waals surface area contributed by atoms with Crippen molar-refractivity contribution in [1.29, 1.82) is 0 Å². The molecule has 0 unspecified atom stereocenters. The molecule has 0 atom stereocenters. The van der Waals surface area contributed by atoms with Gasteiger partial charge >= 0.3 is 0 Å². The third-order valence-corrected chi connectivity index (χ3v) is 15.2. The van der Waals surface area contributed by atoms with Gasteiger partial charge in [-0.05, 0) is 51.1 Å². The minimum atomic E-state index is -2.66. The summed E-state index contributed by atoms with van der Waals surface area (Å²) in [7, 11) is -2.66. The summed E-state index contributed by atoms with van der Waals surface area (Å²) in [6.45, 7) is 0. The summed E-state index contributed by atoms with van der Waals surface area (Å²) in [4.78, 5) is 8.55. The molecule has 0 aliphatic carbocycles. The molecule has 3 heterocycles. The minimum Gasteiger partial charge on any atom is -0.310 e. The first-order chi connectivity index (χ1) is 22.3. The van der Waals surface area contributed by atoms with Crippen LogP contribution in [-0.4, -0.2) is 13.1 Å². The van der Waals surface area contributed by atoms with Gasteiger partial charge in [0.2, 0.25) is 0 Å². The molecule has 0 saturated carbocycles. The maximum Gasteiger partial charge on any atom is 0.184 e. The van der Waals surface area contributed by atoms with Gasteiger partial charge in [0, 0.05) is 44.2 Å². The highest BCUT2D eigenvalue weighted by Crippen LogP contribution is 2.44. The second kappa shape index (κ2) is 10.4. The molecule has 8 aromatic rings. The molecule has 2 aromatic heterocycles. The molecule has 0 radical (unpaired) electrons. The van der Waals surface area contributed by atoms with Crippen LogP contribution in [0.4, 0.5) is 17.1 Å². The lowest BCUT2D eigenvalue weighted by molar-refractivity contribution is 1.29. The van der Waals surface area contributed by atoms with E-state index in [-0.39, 0.29) is 0 Å². The number of pyridine rings is 1. The number of aromatic nitrogens is 1. The molecule has 1 aliphatic rings. The van der Waals surface area contributed by atoms with Crippen molar-refractivity contribution >= 4 is 77.5 Å². The fraction of sp³-hybridized carbons (Fsp3) is 0. The Morgan fingerprint density at radius 2 is 1.02 bits per heavy atom. The van der Waals surface area contributed by atoms with Gasteiger partial charge in [-0.25, -0.2) is 4.98 Å². The van der Waals surface area contributed by atoms with Crippen molar-refractivity contribution in [3.63, 3.8) is 0 Å². The standard InChI is InChI=1S/C41H28N2SSi/c1-3-15-30(16-4-1)45(31-17-5-2-6-18-31)39-25-13-10-22-36(39)43(37-23-11-14-26-40(37)45)35-21-9-7-19-32(35)29-27-34-33-20-8-12-24-38(33)44-41(34)42-28-29/h1-28H. The molecule has 0 spiro atoms. The zero-order valence-corrected chi connectivity index (χ0v) is 26.3. The van der Waals surface area contributed by atoms with Gasteiger partial charge in [-0.1, -0.05) is 133 Å². The van der Waals surface area contributed by atoms with Crippen LogP contribution in [0, 0.1) is 0 Å².